The maximum Gasteiger partial charge on any atom is 0.322 e. The van der Waals surface area contributed by atoms with Gasteiger partial charge >= 0.3 is 6.03 Å². The van der Waals surface area contributed by atoms with Gasteiger partial charge in [0.1, 0.15) is 0 Å². The summed E-state index contributed by atoms with van der Waals surface area (Å²) < 4.78 is 26.4. The second-order valence-electron chi connectivity index (χ2n) is 13.9. The Morgan fingerprint density at radius 1 is 1.00 bits per heavy atom. The van der Waals surface area contributed by atoms with Gasteiger partial charge in [-0.25, -0.2) is 14.2 Å². The summed E-state index contributed by atoms with van der Waals surface area (Å²) in [5, 5.41) is 3.22. The lowest BCUT2D eigenvalue weighted by molar-refractivity contribution is 0.0800. The molecule has 2 amide bonds. The largest absolute Gasteiger partial charge is 0.381 e. The molecule has 4 saturated heterocycles. The first-order chi connectivity index (χ1) is 20.7. The van der Waals surface area contributed by atoms with Crippen LogP contribution in [0, 0.1) is 11.7 Å². The number of benzene rings is 1. The Morgan fingerprint density at radius 2 is 1.65 bits per heavy atom. The standard InChI is InChI=1S/C34H48FN5O3/c1-34(2,3)26-6-4-24(5-7-26)22-39-28-8-9-29(39)19-25(18-28)23-40(33(41)37-27-10-14-42-15-11-27)30-20-31(35)32(36-21-30)38-12-16-43-17-13-38/h4-7,20-21,25,27-29H,8-19,22-23H2,1-3H3,(H,37,41). The normalized spacial score (nSPS) is 25.1. The highest BCUT2D eigenvalue weighted by Crippen LogP contribution is 2.40. The number of anilines is 2. The summed E-state index contributed by atoms with van der Waals surface area (Å²) in [6.07, 6.45) is 7.73. The highest BCUT2D eigenvalue weighted by molar-refractivity contribution is 5.92. The number of morpholine rings is 1. The molecule has 8 nitrogen and oxygen atoms in total. The number of amides is 2. The summed E-state index contributed by atoms with van der Waals surface area (Å²) in [5.41, 5.74) is 3.40. The molecule has 0 saturated carbocycles. The zero-order valence-electron chi connectivity index (χ0n) is 26.1. The molecule has 0 spiro atoms. The summed E-state index contributed by atoms with van der Waals surface area (Å²) in [6, 6.07) is 11.5. The van der Waals surface area contributed by atoms with Crippen LogP contribution in [0.15, 0.2) is 36.5 Å². The fraction of sp³-hybridized carbons (Fsp3) is 0.647. The highest BCUT2D eigenvalue weighted by Gasteiger charge is 2.41. The van der Waals surface area contributed by atoms with Gasteiger partial charge in [-0.05, 0) is 61.0 Å². The number of hydrogen-bond acceptors (Lipinski definition) is 6. The van der Waals surface area contributed by atoms with Crippen molar-refractivity contribution in [1.29, 1.82) is 0 Å². The molecule has 1 aromatic carbocycles. The van der Waals surface area contributed by atoms with Crippen molar-refractivity contribution in [2.24, 2.45) is 5.92 Å². The summed E-state index contributed by atoms with van der Waals surface area (Å²) in [7, 11) is 0. The Labute approximate surface area is 255 Å². The average Bonchev–Trinajstić information content (AvgIpc) is 3.22. The SMILES string of the molecule is CC(C)(C)c1ccc(CN2C3CCC2CC(CN(C(=O)NC2CCOCC2)c2cnc(N4CCOCC4)c(F)c2)C3)cc1. The van der Waals surface area contributed by atoms with Crippen LogP contribution in [0.1, 0.15) is 70.4 Å². The van der Waals surface area contributed by atoms with Gasteiger partial charge in [-0.15, -0.1) is 0 Å². The van der Waals surface area contributed by atoms with Crippen molar-refractivity contribution in [1.82, 2.24) is 15.2 Å². The molecule has 1 N–H and O–H groups in total. The first kappa shape index (κ1) is 30.3. The number of carbonyl (C=O) groups is 1. The van der Waals surface area contributed by atoms with E-state index in [1.807, 2.05) is 4.90 Å². The second-order valence-corrected chi connectivity index (χ2v) is 13.9. The Bertz CT molecular complexity index is 1230. The van der Waals surface area contributed by atoms with Crippen LogP contribution in [0.2, 0.25) is 0 Å². The smallest absolute Gasteiger partial charge is 0.322 e. The third-order valence-corrected chi connectivity index (χ3v) is 9.83. The average molecular weight is 594 g/mol. The minimum atomic E-state index is -0.393. The van der Waals surface area contributed by atoms with E-state index < -0.39 is 5.82 Å². The van der Waals surface area contributed by atoms with Crippen molar-refractivity contribution in [2.75, 3.05) is 55.9 Å². The topological polar surface area (TPSA) is 70.2 Å². The van der Waals surface area contributed by atoms with Gasteiger partial charge in [0.05, 0.1) is 25.1 Å². The molecule has 2 unspecified atom stereocenters. The number of nitrogens with zero attached hydrogens (tertiary/aromatic N) is 4. The van der Waals surface area contributed by atoms with E-state index in [1.54, 1.807) is 11.1 Å². The van der Waals surface area contributed by atoms with Crippen LogP contribution in [0.25, 0.3) is 0 Å². The van der Waals surface area contributed by atoms with Crippen LogP contribution < -0.4 is 15.1 Å². The van der Waals surface area contributed by atoms with Crippen LogP contribution in [0.3, 0.4) is 0 Å². The number of pyridine rings is 1. The molecule has 6 rings (SSSR count). The number of carbonyl (C=O) groups excluding carboxylic acids is 1. The zero-order chi connectivity index (χ0) is 30.0. The number of halogens is 1. The predicted octanol–water partition coefficient (Wildman–Crippen LogP) is 5.49. The van der Waals surface area contributed by atoms with Crippen LogP contribution in [-0.2, 0) is 21.4 Å². The minimum absolute atomic E-state index is 0.0666. The van der Waals surface area contributed by atoms with Gasteiger partial charge in [-0.3, -0.25) is 9.80 Å². The maximum absolute atomic E-state index is 15.5. The van der Waals surface area contributed by atoms with Gasteiger partial charge < -0.3 is 19.7 Å². The molecule has 0 radical (unpaired) electrons. The van der Waals surface area contributed by atoms with Gasteiger partial charge in [0.15, 0.2) is 11.6 Å². The lowest BCUT2D eigenvalue weighted by Gasteiger charge is -2.41. The van der Waals surface area contributed by atoms with Gasteiger partial charge in [0.2, 0.25) is 0 Å². The first-order valence-electron chi connectivity index (χ1n) is 16.2. The summed E-state index contributed by atoms with van der Waals surface area (Å²) in [4.78, 5) is 24.6. The van der Waals surface area contributed by atoms with Crippen LogP contribution in [0.5, 0.6) is 0 Å². The molecule has 2 aromatic rings. The summed E-state index contributed by atoms with van der Waals surface area (Å²) in [6.45, 7) is 11.9. The van der Waals surface area contributed by atoms with E-state index in [1.165, 1.54) is 30.0 Å². The Kier molecular flexibility index (Phi) is 9.21. The van der Waals surface area contributed by atoms with Crippen molar-refractivity contribution in [2.45, 2.75) is 89.4 Å². The molecule has 234 valence electrons. The van der Waals surface area contributed by atoms with E-state index in [-0.39, 0.29) is 17.5 Å². The van der Waals surface area contributed by atoms with Gasteiger partial charge in [0.25, 0.3) is 0 Å². The van der Waals surface area contributed by atoms with E-state index >= 15 is 4.39 Å². The van der Waals surface area contributed by atoms with Crippen molar-refractivity contribution < 1.29 is 18.7 Å². The van der Waals surface area contributed by atoms with Crippen molar-refractivity contribution in [3.63, 3.8) is 0 Å². The molecule has 0 aliphatic carbocycles. The summed E-state index contributed by atoms with van der Waals surface area (Å²) in [5.74, 6) is 0.286. The minimum Gasteiger partial charge on any atom is -0.381 e. The number of hydrogen-bond donors (Lipinski definition) is 1. The molecule has 2 bridgehead atoms. The Balaban J connectivity index is 1.15. The molecule has 2 atom stereocenters. The van der Waals surface area contributed by atoms with Crippen molar-refractivity contribution in [3.8, 4) is 0 Å². The number of urea groups is 1. The van der Waals surface area contributed by atoms with Gasteiger partial charge in [-0.1, -0.05) is 45.0 Å². The lowest BCUT2D eigenvalue weighted by Crippen LogP contribution is -2.50. The summed E-state index contributed by atoms with van der Waals surface area (Å²) >= 11 is 0. The monoisotopic (exact) mass is 593 g/mol. The highest BCUT2D eigenvalue weighted by atomic mass is 19.1. The third kappa shape index (κ3) is 7.15. The molecule has 1 aromatic heterocycles. The van der Waals surface area contributed by atoms with Crippen LogP contribution >= 0.6 is 0 Å². The van der Waals surface area contributed by atoms with E-state index in [4.69, 9.17) is 9.47 Å². The van der Waals surface area contributed by atoms with E-state index in [0.29, 0.717) is 75.6 Å². The fourth-order valence-corrected chi connectivity index (χ4v) is 7.35. The number of fused-ring (bicyclic) bond motifs is 2. The molecule has 5 heterocycles. The fourth-order valence-electron chi connectivity index (χ4n) is 7.35. The van der Waals surface area contributed by atoms with E-state index in [9.17, 15) is 4.79 Å². The Hall–Kier alpha value is -2.75. The quantitative estimate of drug-likeness (QED) is 0.458. The number of piperidine rings is 1. The van der Waals surface area contributed by atoms with E-state index in [2.05, 4.69) is 60.2 Å². The lowest BCUT2D eigenvalue weighted by atomic mass is 9.86. The molecule has 43 heavy (non-hydrogen) atoms. The van der Waals surface area contributed by atoms with Crippen LogP contribution in [0.4, 0.5) is 20.7 Å². The second kappa shape index (κ2) is 13.1. The molecule has 9 heteroatoms. The third-order valence-electron chi connectivity index (χ3n) is 9.83. The van der Waals surface area contributed by atoms with E-state index in [0.717, 1.165) is 32.2 Å². The molecule has 4 fully saturated rings. The number of nitrogens with one attached hydrogen (secondary N) is 1. The molecular weight excluding hydrogens is 545 g/mol. The molecular formula is C34H48FN5O3. The van der Waals surface area contributed by atoms with Gasteiger partial charge in [-0.2, -0.15) is 0 Å². The maximum atomic E-state index is 15.5. The van der Waals surface area contributed by atoms with Gasteiger partial charge in [0, 0.05) is 63.6 Å². The Morgan fingerprint density at radius 3 is 2.28 bits per heavy atom. The number of aromatic nitrogens is 1. The van der Waals surface area contributed by atoms with Crippen LogP contribution in [-0.4, -0.2) is 80.1 Å². The predicted molar refractivity (Wildman–Crippen MR) is 167 cm³/mol. The number of ether oxygens (including phenoxy) is 2. The first-order valence-corrected chi connectivity index (χ1v) is 16.2. The zero-order valence-corrected chi connectivity index (χ0v) is 26.1. The number of rotatable bonds is 7. The van der Waals surface area contributed by atoms with Crippen molar-refractivity contribution >= 4 is 17.5 Å². The molecule has 4 aliphatic heterocycles. The molecule has 4 aliphatic rings. The van der Waals surface area contributed by atoms with Crippen molar-refractivity contribution in [3.05, 3.63) is 53.5 Å².